The molecule has 0 spiro atoms. The van der Waals surface area contributed by atoms with Gasteiger partial charge in [-0.15, -0.1) is 0 Å². The van der Waals surface area contributed by atoms with Gasteiger partial charge in [0.25, 0.3) is 0 Å². The van der Waals surface area contributed by atoms with Crippen LogP contribution < -0.4 is 10.6 Å². The Labute approximate surface area is 106 Å². The lowest BCUT2D eigenvalue weighted by Gasteiger charge is -2.40. The number of hydrogen-bond donors (Lipinski definition) is 2. The van der Waals surface area contributed by atoms with Gasteiger partial charge < -0.3 is 10.6 Å². The molecule has 1 aliphatic rings. The van der Waals surface area contributed by atoms with Gasteiger partial charge in [-0.25, -0.2) is 0 Å². The molecule has 0 bridgehead atoms. The van der Waals surface area contributed by atoms with E-state index in [4.69, 9.17) is 0 Å². The molecule has 2 N–H and O–H groups in total. The van der Waals surface area contributed by atoms with E-state index in [0.29, 0.717) is 0 Å². The van der Waals surface area contributed by atoms with Gasteiger partial charge in [0.2, 0.25) is 5.91 Å². The molecule has 100 valence electrons. The molecule has 2 unspecified atom stereocenters. The molecule has 0 aromatic rings. The molecule has 0 saturated carbocycles. The molecule has 3 nitrogen and oxygen atoms in total. The highest BCUT2D eigenvalue weighted by molar-refractivity contribution is 5.83. The Bertz CT molecular complexity index is 278. The SMILES string of the molecule is CC(NC(=O)C1NCCCC1(C)C)C(C)(C)C. The molecule has 1 fully saturated rings. The second-order valence-electron chi connectivity index (χ2n) is 7.08. The molecule has 0 radical (unpaired) electrons. The summed E-state index contributed by atoms with van der Waals surface area (Å²) in [6, 6.07) is 0.135. The molecule has 2 atom stereocenters. The third kappa shape index (κ3) is 3.70. The molecular weight excluding hydrogens is 212 g/mol. The number of amides is 1. The lowest BCUT2D eigenvalue weighted by Crippen LogP contribution is -2.58. The van der Waals surface area contributed by atoms with Crippen LogP contribution in [0, 0.1) is 10.8 Å². The van der Waals surface area contributed by atoms with Crippen molar-refractivity contribution >= 4 is 5.91 Å². The molecule has 1 aliphatic heterocycles. The molecule has 17 heavy (non-hydrogen) atoms. The van der Waals surface area contributed by atoms with Crippen LogP contribution in [0.4, 0.5) is 0 Å². The fourth-order valence-corrected chi connectivity index (χ4v) is 2.17. The van der Waals surface area contributed by atoms with Gasteiger partial charge in [-0.3, -0.25) is 4.79 Å². The second-order valence-corrected chi connectivity index (χ2v) is 7.08. The van der Waals surface area contributed by atoms with Crippen LogP contribution in [-0.4, -0.2) is 24.5 Å². The molecule has 1 saturated heterocycles. The van der Waals surface area contributed by atoms with Gasteiger partial charge in [-0.05, 0) is 37.1 Å². The van der Waals surface area contributed by atoms with Crippen molar-refractivity contribution in [3.05, 3.63) is 0 Å². The van der Waals surface area contributed by atoms with Crippen LogP contribution in [0.25, 0.3) is 0 Å². The highest BCUT2D eigenvalue weighted by Gasteiger charge is 2.38. The summed E-state index contributed by atoms with van der Waals surface area (Å²) in [6.45, 7) is 13.8. The van der Waals surface area contributed by atoms with Crippen LogP contribution in [0.1, 0.15) is 54.4 Å². The molecule has 3 heteroatoms. The van der Waals surface area contributed by atoms with E-state index in [1.807, 2.05) is 0 Å². The lowest BCUT2D eigenvalue weighted by molar-refractivity contribution is -0.128. The quantitative estimate of drug-likeness (QED) is 0.777. The first-order valence-corrected chi connectivity index (χ1v) is 6.68. The summed E-state index contributed by atoms with van der Waals surface area (Å²) in [5.74, 6) is 0.150. The normalized spacial score (nSPS) is 26.4. The maximum atomic E-state index is 12.3. The minimum Gasteiger partial charge on any atom is -0.352 e. The van der Waals surface area contributed by atoms with E-state index in [1.54, 1.807) is 0 Å². The van der Waals surface area contributed by atoms with Crippen LogP contribution in [0.3, 0.4) is 0 Å². The van der Waals surface area contributed by atoms with Crippen molar-refractivity contribution in [2.24, 2.45) is 10.8 Å². The first kappa shape index (κ1) is 14.5. The van der Waals surface area contributed by atoms with Crippen LogP contribution >= 0.6 is 0 Å². The zero-order valence-electron chi connectivity index (χ0n) is 12.2. The number of nitrogens with one attached hydrogen (secondary N) is 2. The monoisotopic (exact) mass is 240 g/mol. The molecule has 0 aromatic heterocycles. The Hall–Kier alpha value is -0.570. The average molecular weight is 240 g/mol. The van der Waals surface area contributed by atoms with E-state index in [0.717, 1.165) is 19.4 Å². The molecule has 1 heterocycles. The van der Waals surface area contributed by atoms with Crippen molar-refractivity contribution < 1.29 is 4.79 Å². The maximum absolute atomic E-state index is 12.3. The van der Waals surface area contributed by atoms with Gasteiger partial charge in [0, 0.05) is 6.04 Å². The number of rotatable bonds is 2. The summed E-state index contributed by atoms with van der Waals surface area (Å²) in [5, 5.41) is 6.50. The van der Waals surface area contributed by atoms with Crippen molar-refractivity contribution in [2.45, 2.75) is 66.5 Å². The predicted molar refractivity (Wildman–Crippen MR) is 71.9 cm³/mol. The Morgan fingerprint density at radius 1 is 1.41 bits per heavy atom. The zero-order valence-corrected chi connectivity index (χ0v) is 12.2. The van der Waals surface area contributed by atoms with Gasteiger partial charge in [0.05, 0.1) is 6.04 Å². The van der Waals surface area contributed by atoms with Gasteiger partial charge in [-0.2, -0.15) is 0 Å². The van der Waals surface area contributed by atoms with Crippen LogP contribution in [0.15, 0.2) is 0 Å². The van der Waals surface area contributed by atoms with Crippen molar-refractivity contribution in [3.63, 3.8) is 0 Å². The van der Waals surface area contributed by atoms with Crippen LogP contribution in [0.5, 0.6) is 0 Å². The predicted octanol–water partition coefficient (Wildman–Crippen LogP) is 2.32. The highest BCUT2D eigenvalue weighted by Crippen LogP contribution is 2.30. The third-order valence-corrected chi connectivity index (χ3v) is 4.05. The fourth-order valence-electron chi connectivity index (χ4n) is 2.17. The summed E-state index contributed by atoms with van der Waals surface area (Å²) in [4.78, 5) is 12.3. The first-order chi connectivity index (χ1) is 7.64. The highest BCUT2D eigenvalue weighted by atomic mass is 16.2. The topological polar surface area (TPSA) is 41.1 Å². The van der Waals surface area contributed by atoms with E-state index in [9.17, 15) is 4.79 Å². The minimum atomic E-state index is -0.0546. The first-order valence-electron chi connectivity index (χ1n) is 6.68. The van der Waals surface area contributed by atoms with Gasteiger partial charge in [-0.1, -0.05) is 34.6 Å². The van der Waals surface area contributed by atoms with Gasteiger partial charge in [0.15, 0.2) is 0 Å². The number of hydrogen-bond acceptors (Lipinski definition) is 2. The van der Waals surface area contributed by atoms with E-state index >= 15 is 0 Å². The largest absolute Gasteiger partial charge is 0.352 e. The van der Waals surface area contributed by atoms with E-state index in [-0.39, 0.29) is 28.8 Å². The Morgan fingerprint density at radius 2 is 2.00 bits per heavy atom. The third-order valence-electron chi connectivity index (χ3n) is 4.05. The lowest BCUT2D eigenvalue weighted by atomic mass is 9.77. The van der Waals surface area contributed by atoms with Gasteiger partial charge in [0.1, 0.15) is 0 Å². The number of piperidine rings is 1. The zero-order chi connectivity index (χ0) is 13.3. The summed E-state index contributed by atoms with van der Waals surface area (Å²) < 4.78 is 0. The second kappa shape index (κ2) is 4.97. The Kier molecular flexibility index (Phi) is 4.23. The summed E-state index contributed by atoms with van der Waals surface area (Å²) >= 11 is 0. The minimum absolute atomic E-state index is 0.0546. The molecular formula is C14H28N2O. The smallest absolute Gasteiger partial charge is 0.237 e. The van der Waals surface area contributed by atoms with E-state index in [2.05, 4.69) is 52.2 Å². The molecule has 0 aromatic carbocycles. The van der Waals surface area contributed by atoms with Crippen molar-refractivity contribution in [1.29, 1.82) is 0 Å². The standard InChI is InChI=1S/C14H28N2O/c1-10(13(2,3)4)16-12(17)11-14(5,6)8-7-9-15-11/h10-11,15H,7-9H2,1-6H3,(H,16,17). The molecule has 1 amide bonds. The summed E-state index contributed by atoms with van der Waals surface area (Å²) in [5.41, 5.74) is 0.161. The Morgan fingerprint density at radius 3 is 2.47 bits per heavy atom. The Balaban J connectivity index is 2.64. The van der Waals surface area contributed by atoms with E-state index in [1.165, 1.54) is 0 Å². The molecule has 0 aliphatic carbocycles. The van der Waals surface area contributed by atoms with Crippen LogP contribution in [-0.2, 0) is 4.79 Å². The fraction of sp³-hybridized carbons (Fsp3) is 0.929. The average Bonchev–Trinajstić information content (AvgIpc) is 2.14. The molecule has 1 rings (SSSR count). The van der Waals surface area contributed by atoms with Crippen molar-refractivity contribution in [3.8, 4) is 0 Å². The maximum Gasteiger partial charge on any atom is 0.237 e. The van der Waals surface area contributed by atoms with Gasteiger partial charge >= 0.3 is 0 Å². The number of carbonyl (C=O) groups excluding carboxylic acids is 1. The van der Waals surface area contributed by atoms with Crippen molar-refractivity contribution in [2.75, 3.05) is 6.54 Å². The number of carbonyl (C=O) groups is 1. The summed E-state index contributed by atoms with van der Waals surface area (Å²) in [7, 11) is 0. The summed E-state index contributed by atoms with van der Waals surface area (Å²) in [6.07, 6.45) is 2.27. The van der Waals surface area contributed by atoms with Crippen LogP contribution in [0.2, 0.25) is 0 Å². The van der Waals surface area contributed by atoms with E-state index < -0.39 is 0 Å². The van der Waals surface area contributed by atoms with Crippen molar-refractivity contribution in [1.82, 2.24) is 10.6 Å².